The third kappa shape index (κ3) is 11.0. The number of hydrogen-bond acceptors (Lipinski definition) is 7. The number of benzene rings is 6. The Morgan fingerprint density at radius 1 is 0.455 bits per heavy atom. The number of rotatable bonds is 18. The van der Waals surface area contributed by atoms with Crippen molar-refractivity contribution in [2.75, 3.05) is 13.3 Å². The zero-order valence-electron chi connectivity index (χ0n) is 31.0. The SMILES string of the molecule is NCOc1ccc(Cc2cccc([C@@H]3O[C@H](COCc4ccccc4)C(OCc4ccccc4)[C@H](OCc4ccccc4)[C@H]3OCc3ccccc3)c2)cc1. The summed E-state index contributed by atoms with van der Waals surface area (Å²) >= 11 is 0. The van der Waals surface area contributed by atoms with Gasteiger partial charge in [-0.3, -0.25) is 5.73 Å². The average molecular weight is 736 g/mol. The Labute approximate surface area is 324 Å². The van der Waals surface area contributed by atoms with Gasteiger partial charge in [0.05, 0.1) is 33.0 Å². The third-order valence-electron chi connectivity index (χ3n) is 9.74. The van der Waals surface area contributed by atoms with Crippen LogP contribution in [0.2, 0.25) is 0 Å². The van der Waals surface area contributed by atoms with Crippen LogP contribution in [-0.2, 0) is 56.5 Å². The molecular weight excluding hydrogens is 687 g/mol. The van der Waals surface area contributed by atoms with Gasteiger partial charge in [-0.05, 0) is 57.5 Å². The molecule has 55 heavy (non-hydrogen) atoms. The van der Waals surface area contributed by atoms with Crippen molar-refractivity contribution >= 4 is 0 Å². The molecule has 0 bridgehead atoms. The summed E-state index contributed by atoms with van der Waals surface area (Å²) in [6.45, 7) is 2.05. The Balaban J connectivity index is 1.23. The Morgan fingerprint density at radius 2 is 0.945 bits per heavy atom. The maximum atomic E-state index is 7.16. The molecule has 5 atom stereocenters. The molecule has 1 aliphatic heterocycles. The molecule has 2 N–H and O–H groups in total. The lowest BCUT2D eigenvalue weighted by atomic mass is 9.89. The monoisotopic (exact) mass is 735 g/mol. The highest BCUT2D eigenvalue weighted by atomic mass is 16.6. The van der Waals surface area contributed by atoms with Crippen LogP contribution in [-0.4, -0.2) is 37.8 Å². The highest BCUT2D eigenvalue weighted by Crippen LogP contribution is 2.39. The number of hydrogen-bond donors (Lipinski definition) is 1. The van der Waals surface area contributed by atoms with Gasteiger partial charge in [0, 0.05) is 0 Å². The topological polar surface area (TPSA) is 81.4 Å². The molecule has 6 aromatic rings. The van der Waals surface area contributed by atoms with E-state index in [1.165, 1.54) is 0 Å². The first-order valence-corrected chi connectivity index (χ1v) is 19.0. The van der Waals surface area contributed by atoms with Gasteiger partial charge in [0.2, 0.25) is 0 Å². The first-order chi connectivity index (χ1) is 27.2. The lowest BCUT2D eigenvalue weighted by Crippen LogP contribution is -2.58. The van der Waals surface area contributed by atoms with E-state index < -0.39 is 30.5 Å². The van der Waals surface area contributed by atoms with Crippen LogP contribution in [0.15, 0.2) is 170 Å². The zero-order chi connectivity index (χ0) is 37.5. The summed E-state index contributed by atoms with van der Waals surface area (Å²) in [7, 11) is 0. The number of nitrogens with two attached hydrogens (primary N) is 1. The molecule has 0 spiro atoms. The fraction of sp³-hybridized carbons (Fsp3) is 0.250. The summed E-state index contributed by atoms with van der Waals surface area (Å²) in [6.07, 6.45) is -1.73. The van der Waals surface area contributed by atoms with E-state index in [0.717, 1.165) is 51.1 Å². The fourth-order valence-corrected chi connectivity index (χ4v) is 6.97. The van der Waals surface area contributed by atoms with Crippen LogP contribution in [0.5, 0.6) is 5.75 Å². The van der Waals surface area contributed by atoms with Crippen molar-refractivity contribution in [1.29, 1.82) is 0 Å². The lowest BCUT2D eigenvalue weighted by Gasteiger charge is -2.46. The predicted molar refractivity (Wildman–Crippen MR) is 214 cm³/mol. The molecule has 0 amide bonds. The summed E-state index contributed by atoms with van der Waals surface area (Å²) in [5.74, 6) is 0.750. The van der Waals surface area contributed by atoms with Crippen molar-refractivity contribution in [2.24, 2.45) is 5.73 Å². The Bertz CT molecular complexity index is 1980. The van der Waals surface area contributed by atoms with Crippen LogP contribution in [0, 0.1) is 0 Å². The molecular formula is C48H49NO6. The molecule has 6 aromatic carbocycles. The molecule has 1 saturated heterocycles. The third-order valence-corrected chi connectivity index (χ3v) is 9.74. The van der Waals surface area contributed by atoms with Gasteiger partial charge < -0.3 is 28.4 Å². The van der Waals surface area contributed by atoms with E-state index in [1.54, 1.807) is 0 Å². The normalized spacial score (nSPS) is 19.5. The summed E-state index contributed by atoms with van der Waals surface area (Å²) < 4.78 is 39.8. The molecule has 1 aliphatic rings. The minimum absolute atomic E-state index is 0.142. The minimum Gasteiger partial charge on any atom is -0.479 e. The molecule has 1 fully saturated rings. The first kappa shape index (κ1) is 38.2. The number of ether oxygens (including phenoxy) is 6. The molecule has 7 rings (SSSR count). The van der Waals surface area contributed by atoms with Gasteiger partial charge >= 0.3 is 0 Å². The van der Waals surface area contributed by atoms with Crippen molar-refractivity contribution < 1.29 is 28.4 Å². The largest absolute Gasteiger partial charge is 0.479 e. The highest BCUT2D eigenvalue weighted by Gasteiger charge is 2.49. The van der Waals surface area contributed by atoms with E-state index in [0.29, 0.717) is 33.0 Å². The van der Waals surface area contributed by atoms with Gasteiger partial charge in [-0.15, -0.1) is 0 Å². The van der Waals surface area contributed by atoms with Crippen LogP contribution < -0.4 is 10.5 Å². The smallest absolute Gasteiger partial charge is 0.137 e. The molecule has 1 unspecified atom stereocenters. The van der Waals surface area contributed by atoms with Gasteiger partial charge in [0.1, 0.15) is 43.0 Å². The predicted octanol–water partition coefficient (Wildman–Crippen LogP) is 8.99. The van der Waals surface area contributed by atoms with Crippen LogP contribution in [0.3, 0.4) is 0 Å². The molecule has 0 aromatic heterocycles. The molecule has 0 saturated carbocycles. The maximum absolute atomic E-state index is 7.16. The average Bonchev–Trinajstić information content (AvgIpc) is 3.24. The van der Waals surface area contributed by atoms with Crippen molar-refractivity contribution in [3.8, 4) is 5.75 Å². The maximum Gasteiger partial charge on any atom is 0.137 e. The second-order valence-electron chi connectivity index (χ2n) is 13.8. The van der Waals surface area contributed by atoms with Crippen LogP contribution in [0.4, 0.5) is 0 Å². The van der Waals surface area contributed by atoms with Gasteiger partial charge in [0.25, 0.3) is 0 Å². The second-order valence-corrected chi connectivity index (χ2v) is 13.8. The van der Waals surface area contributed by atoms with E-state index in [9.17, 15) is 0 Å². The molecule has 7 nitrogen and oxygen atoms in total. The Hall–Kier alpha value is -5.12. The van der Waals surface area contributed by atoms with Crippen molar-refractivity contribution in [1.82, 2.24) is 0 Å². The van der Waals surface area contributed by atoms with Crippen LogP contribution in [0.1, 0.15) is 45.0 Å². The molecule has 282 valence electrons. The summed E-state index contributed by atoms with van der Waals surface area (Å²) in [5.41, 5.74) is 13.2. The van der Waals surface area contributed by atoms with Gasteiger partial charge in [0.15, 0.2) is 0 Å². The Morgan fingerprint density at radius 3 is 1.49 bits per heavy atom. The highest BCUT2D eigenvalue weighted by molar-refractivity contribution is 5.34. The van der Waals surface area contributed by atoms with E-state index >= 15 is 0 Å². The van der Waals surface area contributed by atoms with Crippen molar-refractivity contribution in [2.45, 2.75) is 63.4 Å². The standard InChI is InChI=1S/C48H49NO6/c49-35-54-43-26-24-36(25-27-43)28-41-22-13-23-42(29-41)45-47(52-32-39-18-9-3-10-19-39)48(53-33-40-20-11-4-12-21-40)46(51-31-38-16-7-2-8-17-38)44(55-45)34-50-30-37-14-5-1-6-15-37/h1-27,29,44-48H,28,30-35,49H2/t44-,45+,46?,47+,48+/m1/s1. The molecule has 1 heterocycles. The van der Waals surface area contributed by atoms with Crippen molar-refractivity contribution in [3.05, 3.63) is 209 Å². The Kier molecular flexibility index (Phi) is 13.9. The van der Waals surface area contributed by atoms with Gasteiger partial charge in [-0.2, -0.15) is 0 Å². The first-order valence-electron chi connectivity index (χ1n) is 19.0. The lowest BCUT2D eigenvalue weighted by molar-refractivity contribution is -0.275. The fourth-order valence-electron chi connectivity index (χ4n) is 6.97. The van der Waals surface area contributed by atoms with Crippen LogP contribution >= 0.6 is 0 Å². The summed E-state index contributed by atoms with van der Waals surface area (Å²) in [4.78, 5) is 0. The van der Waals surface area contributed by atoms with Gasteiger partial charge in [-0.25, -0.2) is 0 Å². The van der Waals surface area contributed by atoms with Crippen molar-refractivity contribution in [3.63, 3.8) is 0 Å². The van der Waals surface area contributed by atoms with E-state index in [4.69, 9.17) is 34.2 Å². The quantitative estimate of drug-likeness (QED) is 0.0883. The molecule has 0 aliphatic carbocycles. The summed E-state index contributed by atoms with van der Waals surface area (Å²) in [5, 5.41) is 0. The minimum atomic E-state index is -0.516. The van der Waals surface area contributed by atoms with E-state index in [2.05, 4.69) is 84.9 Å². The second kappa shape index (κ2) is 20.0. The van der Waals surface area contributed by atoms with E-state index in [-0.39, 0.29) is 6.73 Å². The van der Waals surface area contributed by atoms with Gasteiger partial charge in [-0.1, -0.05) is 158 Å². The van der Waals surface area contributed by atoms with Crippen LogP contribution in [0.25, 0.3) is 0 Å². The molecule has 7 heteroatoms. The zero-order valence-corrected chi connectivity index (χ0v) is 31.0. The molecule has 0 radical (unpaired) electrons. The van der Waals surface area contributed by atoms with E-state index in [1.807, 2.05) is 84.9 Å². The summed E-state index contributed by atoms with van der Waals surface area (Å²) in [6, 6.07) is 57.5.